The van der Waals surface area contributed by atoms with Crippen LogP contribution < -0.4 is 0 Å². The third-order valence-corrected chi connectivity index (χ3v) is 1.79. The molecule has 0 saturated carbocycles. The van der Waals surface area contributed by atoms with Crippen LogP contribution in [0.3, 0.4) is 0 Å². The minimum Gasteiger partial charge on any atom is -0.272 e. The van der Waals surface area contributed by atoms with Gasteiger partial charge in [0.1, 0.15) is 0 Å². The summed E-state index contributed by atoms with van der Waals surface area (Å²) in [6, 6.07) is 0. The molecule has 0 radical (unpaired) electrons. The fourth-order valence-electron chi connectivity index (χ4n) is 0.820. The summed E-state index contributed by atoms with van der Waals surface area (Å²) in [5, 5.41) is 0. The first kappa shape index (κ1) is 13.3. The van der Waals surface area contributed by atoms with Crippen LogP contribution in [0.25, 0.3) is 0 Å². The van der Waals surface area contributed by atoms with Crippen molar-refractivity contribution in [2.24, 2.45) is 9.98 Å². The molecule has 0 aliphatic rings. The maximum Gasteiger partial charge on any atom is 0.0645 e. The van der Waals surface area contributed by atoms with E-state index in [1.165, 1.54) is 0 Å². The lowest BCUT2D eigenvalue weighted by Gasteiger charge is -1.99. The smallest absolute Gasteiger partial charge is 0.0645 e. The molecule has 15 heavy (non-hydrogen) atoms. The normalized spacial score (nSPS) is 13.8. The topological polar surface area (TPSA) is 24.7 Å². The lowest BCUT2D eigenvalue weighted by atomic mass is 10.2. The van der Waals surface area contributed by atoms with Crippen LogP contribution in [0.2, 0.25) is 0 Å². The maximum atomic E-state index is 4.24. The number of hydrogen-bond acceptors (Lipinski definition) is 2. The van der Waals surface area contributed by atoms with Crippen molar-refractivity contribution in [2.45, 2.75) is 20.8 Å². The summed E-state index contributed by atoms with van der Waals surface area (Å²) in [5.41, 5.74) is 2.65. The Balaban J connectivity index is 4.75. The zero-order valence-corrected chi connectivity index (χ0v) is 9.70. The fraction of sp³-hybridized carbons (Fsp3) is 0.231. The van der Waals surface area contributed by atoms with Gasteiger partial charge in [0.25, 0.3) is 0 Å². The van der Waals surface area contributed by atoms with Crippen molar-refractivity contribution in [3.8, 4) is 0 Å². The van der Waals surface area contributed by atoms with E-state index in [2.05, 4.69) is 23.3 Å². The SMILES string of the molecule is C=N/C=C(\C=C/C)C(=C)/N=C\C(C)=C/C. The second kappa shape index (κ2) is 7.68. The summed E-state index contributed by atoms with van der Waals surface area (Å²) in [5.74, 6) is 0. The Hall–Kier alpha value is -1.70. The van der Waals surface area contributed by atoms with Gasteiger partial charge >= 0.3 is 0 Å². The van der Waals surface area contributed by atoms with Crippen molar-refractivity contribution in [3.63, 3.8) is 0 Å². The van der Waals surface area contributed by atoms with Gasteiger partial charge in [0.05, 0.1) is 5.70 Å². The van der Waals surface area contributed by atoms with Gasteiger partial charge in [-0.25, -0.2) is 0 Å². The summed E-state index contributed by atoms with van der Waals surface area (Å²) in [7, 11) is 0. The number of rotatable bonds is 5. The van der Waals surface area contributed by atoms with Gasteiger partial charge in [-0.1, -0.05) is 24.8 Å². The molecule has 0 aromatic carbocycles. The Morgan fingerprint density at radius 1 is 1.27 bits per heavy atom. The molecule has 0 rings (SSSR count). The van der Waals surface area contributed by atoms with Crippen molar-refractivity contribution < 1.29 is 0 Å². The van der Waals surface area contributed by atoms with Crippen LogP contribution >= 0.6 is 0 Å². The van der Waals surface area contributed by atoms with E-state index >= 15 is 0 Å². The fourth-order valence-corrected chi connectivity index (χ4v) is 0.820. The van der Waals surface area contributed by atoms with E-state index in [9.17, 15) is 0 Å². The molecule has 0 unspecified atom stereocenters. The Morgan fingerprint density at radius 3 is 2.40 bits per heavy atom. The molecular weight excluding hydrogens is 184 g/mol. The number of hydrogen-bond donors (Lipinski definition) is 0. The Morgan fingerprint density at radius 2 is 1.93 bits per heavy atom. The second-order valence-electron chi connectivity index (χ2n) is 3.00. The summed E-state index contributed by atoms with van der Waals surface area (Å²) < 4.78 is 0. The van der Waals surface area contributed by atoms with Crippen molar-refractivity contribution in [1.29, 1.82) is 0 Å². The maximum absolute atomic E-state index is 4.24. The van der Waals surface area contributed by atoms with Gasteiger partial charge in [-0.05, 0) is 33.1 Å². The summed E-state index contributed by atoms with van der Waals surface area (Å²) >= 11 is 0. The van der Waals surface area contributed by atoms with Crippen LogP contribution in [0.4, 0.5) is 0 Å². The van der Waals surface area contributed by atoms with E-state index in [0.717, 1.165) is 11.1 Å². The zero-order valence-electron chi connectivity index (χ0n) is 9.70. The van der Waals surface area contributed by atoms with Crippen LogP contribution in [0.15, 0.2) is 57.8 Å². The van der Waals surface area contributed by atoms with E-state index in [-0.39, 0.29) is 0 Å². The van der Waals surface area contributed by atoms with Gasteiger partial charge in [-0.3, -0.25) is 9.98 Å². The first-order chi connectivity index (χ1) is 7.15. The molecule has 0 atom stereocenters. The van der Waals surface area contributed by atoms with E-state index < -0.39 is 0 Å². The highest BCUT2D eigenvalue weighted by Crippen LogP contribution is 2.11. The van der Waals surface area contributed by atoms with Crippen LogP contribution in [0, 0.1) is 0 Å². The molecular formula is C13H18N2. The molecule has 0 aromatic heterocycles. The molecule has 0 spiro atoms. The first-order valence-corrected chi connectivity index (χ1v) is 4.80. The zero-order chi connectivity index (χ0) is 11.7. The van der Waals surface area contributed by atoms with E-state index in [4.69, 9.17) is 0 Å². The number of nitrogens with zero attached hydrogens (tertiary/aromatic N) is 2. The van der Waals surface area contributed by atoms with E-state index in [1.54, 1.807) is 12.4 Å². The summed E-state index contributed by atoms with van der Waals surface area (Å²) in [6.07, 6.45) is 9.23. The van der Waals surface area contributed by atoms with Gasteiger partial charge in [0.15, 0.2) is 0 Å². The van der Waals surface area contributed by atoms with E-state index in [1.807, 2.05) is 39.0 Å². The monoisotopic (exact) mass is 202 g/mol. The lowest BCUT2D eigenvalue weighted by molar-refractivity contribution is 1.33. The van der Waals surface area contributed by atoms with Crippen molar-refractivity contribution >= 4 is 12.9 Å². The van der Waals surface area contributed by atoms with Gasteiger partial charge in [0.2, 0.25) is 0 Å². The first-order valence-electron chi connectivity index (χ1n) is 4.80. The van der Waals surface area contributed by atoms with Crippen LogP contribution in [-0.2, 0) is 0 Å². The van der Waals surface area contributed by atoms with Gasteiger partial charge in [0, 0.05) is 18.0 Å². The average Bonchev–Trinajstić information content (AvgIpc) is 2.25. The molecule has 0 aromatic rings. The molecule has 0 aliphatic heterocycles. The second-order valence-corrected chi connectivity index (χ2v) is 3.00. The summed E-state index contributed by atoms with van der Waals surface area (Å²) in [6.45, 7) is 13.2. The van der Waals surface area contributed by atoms with Crippen molar-refractivity contribution in [2.75, 3.05) is 0 Å². The third-order valence-electron chi connectivity index (χ3n) is 1.79. The number of allylic oxidation sites excluding steroid dienone is 4. The molecule has 0 amide bonds. The van der Waals surface area contributed by atoms with Crippen LogP contribution in [-0.4, -0.2) is 12.9 Å². The average molecular weight is 202 g/mol. The molecule has 0 N–H and O–H groups in total. The molecule has 0 fully saturated rings. The van der Waals surface area contributed by atoms with Crippen LogP contribution in [0.5, 0.6) is 0 Å². The molecule has 80 valence electrons. The molecule has 0 saturated heterocycles. The molecule has 0 bridgehead atoms. The Kier molecular flexibility index (Phi) is 6.81. The predicted molar refractivity (Wildman–Crippen MR) is 69.5 cm³/mol. The third kappa shape index (κ3) is 5.57. The summed E-state index contributed by atoms with van der Waals surface area (Å²) in [4.78, 5) is 7.95. The Labute approximate surface area is 92.2 Å². The minimum absolute atomic E-state index is 0.682. The van der Waals surface area contributed by atoms with Gasteiger partial charge in [-0.15, -0.1) is 0 Å². The van der Waals surface area contributed by atoms with Gasteiger partial charge < -0.3 is 0 Å². The Bertz CT molecular complexity index is 342. The molecule has 2 heteroatoms. The van der Waals surface area contributed by atoms with Gasteiger partial charge in [-0.2, -0.15) is 0 Å². The van der Waals surface area contributed by atoms with Crippen LogP contribution in [0.1, 0.15) is 20.8 Å². The lowest BCUT2D eigenvalue weighted by Crippen LogP contribution is -1.84. The molecule has 0 heterocycles. The van der Waals surface area contributed by atoms with E-state index in [0.29, 0.717) is 5.70 Å². The number of aliphatic imine (C=N–C) groups is 2. The standard InChI is InChI=1S/C13H18N2/c1-6-8-13(10-14-5)12(4)15-9-11(3)7-2/h6-10H,4-5H2,1-3H3/b8-6-,11-7-,13-10+,15-9-. The highest BCUT2D eigenvalue weighted by Gasteiger charge is 1.95. The minimum atomic E-state index is 0.682. The van der Waals surface area contributed by atoms with Crippen molar-refractivity contribution in [3.05, 3.63) is 47.9 Å². The quantitative estimate of drug-likeness (QED) is 0.480. The molecule has 2 nitrogen and oxygen atoms in total. The molecule has 0 aliphatic carbocycles. The van der Waals surface area contributed by atoms with Crippen molar-refractivity contribution in [1.82, 2.24) is 0 Å². The largest absolute Gasteiger partial charge is 0.272 e. The highest BCUT2D eigenvalue weighted by molar-refractivity contribution is 5.78. The highest BCUT2D eigenvalue weighted by atomic mass is 14.7. The predicted octanol–water partition coefficient (Wildman–Crippen LogP) is 3.70.